The summed E-state index contributed by atoms with van der Waals surface area (Å²) in [7, 11) is 2.97. The molecule has 0 bridgehead atoms. The number of nitrogens with zero attached hydrogens (tertiary/aromatic N) is 1. The average molecular weight is 475 g/mol. The van der Waals surface area contributed by atoms with Gasteiger partial charge in [0.2, 0.25) is 11.7 Å². The minimum absolute atomic E-state index is 0.0526. The molecule has 0 radical (unpaired) electrons. The summed E-state index contributed by atoms with van der Waals surface area (Å²) in [6, 6.07) is 13.7. The molecule has 35 heavy (non-hydrogen) atoms. The summed E-state index contributed by atoms with van der Waals surface area (Å²) in [5.41, 5.74) is 5.92. The summed E-state index contributed by atoms with van der Waals surface area (Å²) in [4.78, 5) is 17.0. The first kappa shape index (κ1) is 24.0. The number of hydrogen-bond donors (Lipinski definition) is 2. The maximum Gasteiger partial charge on any atom is 0.224 e. The number of benzene rings is 2. The largest absolute Gasteiger partial charge is 0.502 e. The van der Waals surface area contributed by atoms with Gasteiger partial charge in [0.15, 0.2) is 11.5 Å². The van der Waals surface area contributed by atoms with Gasteiger partial charge < -0.3 is 19.9 Å². The topological polar surface area (TPSA) is 80.7 Å². The number of hydrogen-bond acceptors (Lipinski definition) is 5. The van der Waals surface area contributed by atoms with Crippen LogP contribution in [0, 0.1) is 5.82 Å². The lowest BCUT2D eigenvalue weighted by molar-refractivity contribution is -0.120. The van der Waals surface area contributed by atoms with Gasteiger partial charge >= 0.3 is 0 Å². The van der Waals surface area contributed by atoms with E-state index >= 15 is 0 Å². The number of halogens is 1. The maximum absolute atomic E-state index is 14.1. The average Bonchev–Trinajstić information content (AvgIpc) is 3.12. The van der Waals surface area contributed by atoms with Crippen molar-refractivity contribution in [3.05, 3.63) is 94.6 Å². The Hall–Kier alpha value is -4.13. The van der Waals surface area contributed by atoms with Crippen molar-refractivity contribution in [2.45, 2.75) is 26.3 Å². The van der Waals surface area contributed by atoms with E-state index in [1.807, 2.05) is 31.2 Å². The molecule has 6 nitrogen and oxygen atoms in total. The van der Waals surface area contributed by atoms with Crippen LogP contribution in [0.3, 0.4) is 0 Å². The molecule has 7 heteroatoms. The number of aromatic hydroxyl groups is 1. The second-order valence-electron chi connectivity index (χ2n) is 8.24. The molecule has 0 saturated carbocycles. The number of aromatic nitrogens is 1. The molecular formula is C28H27FN2O4. The molecule has 4 rings (SSSR count). The SMILES string of the molecule is COc1cc(C/C=C2/C(C)=C(CC(=O)NCc3ccccn3)c3cc(F)ccc32)cc(OC)c1O. The highest BCUT2D eigenvalue weighted by molar-refractivity contribution is 6.04. The van der Waals surface area contributed by atoms with Crippen LogP contribution in [0.4, 0.5) is 4.39 Å². The van der Waals surface area contributed by atoms with Crippen LogP contribution in [0.25, 0.3) is 11.1 Å². The van der Waals surface area contributed by atoms with E-state index in [2.05, 4.69) is 10.3 Å². The van der Waals surface area contributed by atoms with Gasteiger partial charge in [-0.3, -0.25) is 9.78 Å². The molecule has 0 saturated heterocycles. The first-order chi connectivity index (χ1) is 16.9. The minimum Gasteiger partial charge on any atom is -0.502 e. The zero-order valence-electron chi connectivity index (χ0n) is 19.9. The predicted molar refractivity (Wildman–Crippen MR) is 133 cm³/mol. The quantitative estimate of drug-likeness (QED) is 0.477. The Morgan fingerprint density at radius 2 is 1.83 bits per heavy atom. The monoisotopic (exact) mass is 474 g/mol. The predicted octanol–water partition coefficient (Wildman–Crippen LogP) is 5.06. The number of allylic oxidation sites excluding steroid dienone is 3. The number of carbonyl (C=O) groups is 1. The standard InChI is InChI=1S/C28H27FN2O4/c1-17-21(9-7-18-12-25(34-2)28(33)26(13-18)35-3)22-10-8-19(29)14-24(22)23(17)15-27(32)31-16-20-6-4-5-11-30-20/h4-6,8-14,33H,7,15-16H2,1-3H3,(H,31,32)/b21-9-. The molecule has 2 N–H and O–H groups in total. The van der Waals surface area contributed by atoms with Gasteiger partial charge in [0.25, 0.3) is 0 Å². The van der Waals surface area contributed by atoms with Crippen LogP contribution < -0.4 is 14.8 Å². The first-order valence-electron chi connectivity index (χ1n) is 11.2. The van der Waals surface area contributed by atoms with Crippen LogP contribution >= 0.6 is 0 Å². The summed E-state index contributed by atoms with van der Waals surface area (Å²) >= 11 is 0. The van der Waals surface area contributed by atoms with E-state index in [1.165, 1.54) is 26.4 Å². The van der Waals surface area contributed by atoms with Gasteiger partial charge in [0.05, 0.1) is 32.9 Å². The number of ether oxygens (including phenoxy) is 2. The Labute approximate surface area is 203 Å². The lowest BCUT2D eigenvalue weighted by Gasteiger charge is -2.11. The van der Waals surface area contributed by atoms with E-state index in [1.54, 1.807) is 24.4 Å². The van der Waals surface area contributed by atoms with Crippen LogP contribution in [0.1, 0.15) is 35.7 Å². The molecule has 1 aliphatic carbocycles. The maximum atomic E-state index is 14.1. The molecule has 1 heterocycles. The fourth-order valence-corrected chi connectivity index (χ4v) is 4.26. The van der Waals surface area contributed by atoms with Crippen molar-refractivity contribution < 1.29 is 23.8 Å². The van der Waals surface area contributed by atoms with Crippen LogP contribution in [-0.2, 0) is 17.8 Å². The fraction of sp³-hybridized carbons (Fsp3) is 0.214. The molecule has 0 fully saturated rings. The Balaban J connectivity index is 1.60. The fourth-order valence-electron chi connectivity index (χ4n) is 4.26. The Morgan fingerprint density at radius 1 is 1.09 bits per heavy atom. The summed E-state index contributed by atoms with van der Waals surface area (Å²) < 4.78 is 24.7. The second kappa shape index (κ2) is 10.4. The minimum atomic E-state index is -0.350. The molecule has 0 atom stereocenters. The number of rotatable bonds is 8. The van der Waals surface area contributed by atoms with Crippen molar-refractivity contribution in [2.75, 3.05) is 14.2 Å². The highest BCUT2D eigenvalue weighted by Crippen LogP contribution is 2.43. The number of phenols is 1. The highest BCUT2D eigenvalue weighted by atomic mass is 19.1. The third kappa shape index (κ3) is 5.19. The Morgan fingerprint density at radius 3 is 2.49 bits per heavy atom. The number of methoxy groups -OCH3 is 2. The highest BCUT2D eigenvalue weighted by Gasteiger charge is 2.25. The smallest absolute Gasteiger partial charge is 0.224 e. The Kier molecular flexibility index (Phi) is 7.15. The van der Waals surface area contributed by atoms with Crippen molar-refractivity contribution in [3.63, 3.8) is 0 Å². The summed E-state index contributed by atoms with van der Waals surface area (Å²) in [5.74, 6) is 0.0863. The van der Waals surface area contributed by atoms with Crippen LogP contribution in [-0.4, -0.2) is 30.2 Å². The summed E-state index contributed by atoms with van der Waals surface area (Å²) in [6.07, 6.45) is 4.37. The van der Waals surface area contributed by atoms with Crippen molar-refractivity contribution in [3.8, 4) is 17.2 Å². The molecule has 2 aromatic carbocycles. The molecule has 1 aliphatic rings. The third-order valence-corrected chi connectivity index (χ3v) is 6.07. The van der Waals surface area contributed by atoms with Crippen LogP contribution in [0.2, 0.25) is 0 Å². The van der Waals surface area contributed by atoms with Gasteiger partial charge in [0.1, 0.15) is 5.82 Å². The van der Waals surface area contributed by atoms with Crippen molar-refractivity contribution in [2.24, 2.45) is 0 Å². The van der Waals surface area contributed by atoms with E-state index in [4.69, 9.17) is 9.47 Å². The molecule has 1 amide bonds. The van der Waals surface area contributed by atoms with E-state index < -0.39 is 0 Å². The molecule has 0 aliphatic heterocycles. The van der Waals surface area contributed by atoms with Gasteiger partial charge in [-0.1, -0.05) is 18.2 Å². The number of amides is 1. The summed E-state index contributed by atoms with van der Waals surface area (Å²) in [5, 5.41) is 13.1. The lowest BCUT2D eigenvalue weighted by atomic mass is 10.00. The van der Waals surface area contributed by atoms with E-state index in [0.717, 1.165) is 39.1 Å². The number of fused-ring (bicyclic) bond motifs is 1. The molecule has 3 aromatic rings. The summed E-state index contributed by atoms with van der Waals surface area (Å²) in [6.45, 7) is 2.28. The van der Waals surface area contributed by atoms with E-state index in [9.17, 15) is 14.3 Å². The number of phenolic OH excluding ortho intramolecular Hbond substituents is 1. The van der Waals surface area contributed by atoms with Crippen molar-refractivity contribution in [1.29, 1.82) is 0 Å². The third-order valence-electron chi connectivity index (χ3n) is 6.07. The molecule has 180 valence electrons. The van der Waals surface area contributed by atoms with Gasteiger partial charge in [0, 0.05) is 6.20 Å². The van der Waals surface area contributed by atoms with Gasteiger partial charge in [-0.15, -0.1) is 0 Å². The van der Waals surface area contributed by atoms with Gasteiger partial charge in [-0.25, -0.2) is 4.39 Å². The van der Waals surface area contributed by atoms with Crippen molar-refractivity contribution in [1.82, 2.24) is 10.3 Å². The molecule has 1 aromatic heterocycles. The van der Waals surface area contributed by atoms with Gasteiger partial charge in [-0.05, 0) is 83.2 Å². The second-order valence-corrected chi connectivity index (χ2v) is 8.24. The zero-order chi connectivity index (χ0) is 24.9. The van der Waals surface area contributed by atoms with Crippen LogP contribution in [0.15, 0.2) is 66.4 Å². The molecule has 0 spiro atoms. The zero-order valence-corrected chi connectivity index (χ0v) is 19.9. The lowest BCUT2D eigenvalue weighted by Crippen LogP contribution is -2.23. The number of carbonyl (C=O) groups excluding carboxylic acids is 1. The van der Waals surface area contributed by atoms with Crippen molar-refractivity contribution >= 4 is 17.1 Å². The van der Waals surface area contributed by atoms with E-state index in [0.29, 0.717) is 24.5 Å². The number of nitrogens with one attached hydrogen (secondary N) is 1. The van der Waals surface area contributed by atoms with E-state index in [-0.39, 0.29) is 23.9 Å². The van der Waals surface area contributed by atoms with Gasteiger partial charge in [-0.2, -0.15) is 0 Å². The first-order valence-corrected chi connectivity index (χ1v) is 11.2. The number of pyridine rings is 1. The molecular weight excluding hydrogens is 447 g/mol. The Bertz CT molecular complexity index is 1290. The normalized spacial score (nSPS) is 13.7. The molecule has 0 unspecified atom stereocenters. The van der Waals surface area contributed by atoms with Crippen LogP contribution in [0.5, 0.6) is 17.2 Å².